The van der Waals surface area contributed by atoms with E-state index in [1.165, 1.54) is 11.1 Å². The summed E-state index contributed by atoms with van der Waals surface area (Å²) in [6.45, 7) is 6.23. The van der Waals surface area contributed by atoms with Crippen LogP contribution in [0.15, 0.2) is 29.8 Å². The van der Waals surface area contributed by atoms with Crippen LogP contribution in [0.4, 0.5) is 5.82 Å². The minimum Gasteiger partial charge on any atom is -0.352 e. The first-order chi connectivity index (χ1) is 9.88. The minimum atomic E-state index is 0.907. The van der Waals surface area contributed by atoms with Crippen molar-refractivity contribution in [1.29, 1.82) is 0 Å². The first-order valence-corrected chi connectivity index (χ1v) is 8.21. The molecule has 0 aromatic carbocycles. The van der Waals surface area contributed by atoms with Gasteiger partial charge in [0.25, 0.3) is 0 Å². The Bertz CT molecular complexity index is 564. The standard InChI is InChI=1S/C16H21N3S/c1-2-7-17-11-13-4-3-8-18-16(13)19-9-5-15-14(12-19)6-10-20-15/h3-4,6,8,10,17H,2,5,7,9,11-12H2,1H3. The number of hydrogen-bond donors (Lipinski definition) is 1. The Kier molecular flexibility index (Phi) is 4.33. The van der Waals surface area contributed by atoms with E-state index in [0.29, 0.717) is 0 Å². The van der Waals surface area contributed by atoms with Crippen molar-refractivity contribution in [3.8, 4) is 0 Å². The zero-order chi connectivity index (χ0) is 13.8. The Morgan fingerprint density at radius 3 is 3.25 bits per heavy atom. The maximum atomic E-state index is 4.63. The second kappa shape index (κ2) is 6.37. The minimum absolute atomic E-state index is 0.907. The van der Waals surface area contributed by atoms with Gasteiger partial charge in [-0.25, -0.2) is 4.98 Å². The number of nitrogens with zero attached hydrogens (tertiary/aromatic N) is 2. The number of fused-ring (bicyclic) bond motifs is 1. The summed E-state index contributed by atoms with van der Waals surface area (Å²) < 4.78 is 0. The summed E-state index contributed by atoms with van der Waals surface area (Å²) in [6.07, 6.45) is 4.21. The van der Waals surface area contributed by atoms with Crippen LogP contribution >= 0.6 is 11.3 Å². The molecule has 0 unspecified atom stereocenters. The zero-order valence-corrected chi connectivity index (χ0v) is 12.7. The van der Waals surface area contributed by atoms with Crippen molar-refractivity contribution < 1.29 is 0 Å². The highest BCUT2D eigenvalue weighted by atomic mass is 32.1. The second-order valence-electron chi connectivity index (χ2n) is 5.20. The molecule has 3 heterocycles. The van der Waals surface area contributed by atoms with Gasteiger partial charge >= 0.3 is 0 Å². The Labute approximate surface area is 124 Å². The molecule has 4 heteroatoms. The Balaban J connectivity index is 1.77. The molecule has 3 rings (SSSR count). The van der Waals surface area contributed by atoms with Crippen LogP contribution in [0.5, 0.6) is 0 Å². The zero-order valence-electron chi connectivity index (χ0n) is 11.9. The highest BCUT2D eigenvalue weighted by Gasteiger charge is 2.20. The number of rotatable bonds is 5. The van der Waals surface area contributed by atoms with Gasteiger partial charge in [0.05, 0.1) is 0 Å². The average Bonchev–Trinajstić information content (AvgIpc) is 2.95. The number of pyridine rings is 1. The molecule has 1 aliphatic rings. The van der Waals surface area contributed by atoms with Crippen LogP contribution in [0.1, 0.15) is 29.3 Å². The van der Waals surface area contributed by atoms with Crippen LogP contribution in [0, 0.1) is 0 Å². The third-order valence-electron chi connectivity index (χ3n) is 3.72. The quantitative estimate of drug-likeness (QED) is 0.856. The fourth-order valence-electron chi connectivity index (χ4n) is 2.68. The average molecular weight is 287 g/mol. The molecule has 0 bridgehead atoms. The SMILES string of the molecule is CCCNCc1cccnc1N1CCc2sccc2C1. The smallest absolute Gasteiger partial charge is 0.133 e. The molecule has 106 valence electrons. The largest absolute Gasteiger partial charge is 0.352 e. The summed E-state index contributed by atoms with van der Waals surface area (Å²) in [6, 6.07) is 6.48. The predicted octanol–water partition coefficient (Wildman–Crippen LogP) is 3.21. The molecule has 3 nitrogen and oxygen atoms in total. The van der Waals surface area contributed by atoms with Crippen molar-refractivity contribution in [3.63, 3.8) is 0 Å². The second-order valence-corrected chi connectivity index (χ2v) is 6.20. The highest BCUT2D eigenvalue weighted by molar-refractivity contribution is 7.10. The molecule has 1 aliphatic heterocycles. The summed E-state index contributed by atoms with van der Waals surface area (Å²) in [5.74, 6) is 1.15. The Morgan fingerprint density at radius 1 is 1.40 bits per heavy atom. The third-order valence-corrected chi connectivity index (χ3v) is 4.74. The maximum Gasteiger partial charge on any atom is 0.133 e. The molecule has 0 aliphatic carbocycles. The van der Waals surface area contributed by atoms with E-state index in [1.807, 2.05) is 23.6 Å². The predicted molar refractivity (Wildman–Crippen MR) is 85.3 cm³/mol. The summed E-state index contributed by atoms with van der Waals surface area (Å²) in [5, 5.41) is 5.69. The molecule has 2 aromatic rings. The number of hydrogen-bond acceptors (Lipinski definition) is 4. The van der Waals surface area contributed by atoms with Gasteiger partial charge in [0.2, 0.25) is 0 Å². The number of aromatic nitrogens is 1. The fourth-order valence-corrected chi connectivity index (χ4v) is 3.57. The molecule has 0 spiro atoms. The Morgan fingerprint density at radius 2 is 2.35 bits per heavy atom. The van der Waals surface area contributed by atoms with Crippen LogP contribution in [-0.4, -0.2) is 18.1 Å². The van der Waals surface area contributed by atoms with Gasteiger partial charge in [0.15, 0.2) is 0 Å². The van der Waals surface area contributed by atoms with Gasteiger partial charge in [-0.1, -0.05) is 13.0 Å². The molecule has 0 radical (unpaired) electrons. The molecule has 0 saturated heterocycles. The maximum absolute atomic E-state index is 4.63. The molecule has 0 fully saturated rings. The monoisotopic (exact) mass is 287 g/mol. The molecular formula is C16H21N3S. The van der Waals surface area contributed by atoms with E-state index in [2.05, 4.69) is 39.6 Å². The van der Waals surface area contributed by atoms with Gasteiger partial charge in [-0.3, -0.25) is 0 Å². The fraction of sp³-hybridized carbons (Fsp3) is 0.438. The van der Waals surface area contributed by atoms with Crippen molar-refractivity contribution in [1.82, 2.24) is 10.3 Å². The van der Waals surface area contributed by atoms with Gasteiger partial charge in [-0.15, -0.1) is 11.3 Å². The van der Waals surface area contributed by atoms with Crippen LogP contribution in [0.2, 0.25) is 0 Å². The number of thiophene rings is 1. The van der Waals surface area contributed by atoms with Crippen molar-refractivity contribution in [3.05, 3.63) is 45.8 Å². The third kappa shape index (κ3) is 2.86. The van der Waals surface area contributed by atoms with E-state index in [0.717, 1.165) is 44.8 Å². The van der Waals surface area contributed by atoms with E-state index < -0.39 is 0 Å². The summed E-state index contributed by atoms with van der Waals surface area (Å²) in [4.78, 5) is 8.59. The van der Waals surface area contributed by atoms with Gasteiger partial charge in [0.1, 0.15) is 5.82 Å². The van der Waals surface area contributed by atoms with Crippen LogP contribution < -0.4 is 10.2 Å². The van der Waals surface area contributed by atoms with E-state index in [-0.39, 0.29) is 0 Å². The lowest BCUT2D eigenvalue weighted by molar-refractivity contribution is 0.663. The van der Waals surface area contributed by atoms with E-state index in [4.69, 9.17) is 0 Å². The van der Waals surface area contributed by atoms with Gasteiger partial charge in [-0.2, -0.15) is 0 Å². The number of nitrogens with one attached hydrogen (secondary N) is 1. The first kappa shape index (κ1) is 13.6. The van der Waals surface area contributed by atoms with Crippen molar-refractivity contribution >= 4 is 17.2 Å². The van der Waals surface area contributed by atoms with Gasteiger partial charge < -0.3 is 10.2 Å². The molecule has 2 aromatic heterocycles. The molecule has 20 heavy (non-hydrogen) atoms. The van der Waals surface area contributed by atoms with Gasteiger partial charge in [0, 0.05) is 36.3 Å². The number of anilines is 1. The first-order valence-electron chi connectivity index (χ1n) is 7.33. The van der Waals surface area contributed by atoms with Crippen LogP contribution in [0.25, 0.3) is 0 Å². The lowest BCUT2D eigenvalue weighted by Crippen LogP contribution is -2.31. The van der Waals surface area contributed by atoms with Crippen molar-refractivity contribution in [2.45, 2.75) is 32.9 Å². The van der Waals surface area contributed by atoms with Crippen molar-refractivity contribution in [2.75, 3.05) is 18.0 Å². The molecule has 0 atom stereocenters. The summed E-state index contributed by atoms with van der Waals surface area (Å²) in [7, 11) is 0. The molecule has 1 N–H and O–H groups in total. The van der Waals surface area contributed by atoms with Gasteiger partial charge in [-0.05, 0) is 42.5 Å². The van der Waals surface area contributed by atoms with Crippen LogP contribution in [0.3, 0.4) is 0 Å². The van der Waals surface area contributed by atoms with E-state index in [1.54, 1.807) is 4.88 Å². The molecule has 0 saturated carbocycles. The lowest BCUT2D eigenvalue weighted by Gasteiger charge is -2.29. The summed E-state index contributed by atoms with van der Waals surface area (Å²) >= 11 is 1.88. The molecular weight excluding hydrogens is 266 g/mol. The normalized spacial score (nSPS) is 14.3. The highest BCUT2D eigenvalue weighted by Crippen LogP contribution is 2.28. The molecule has 0 amide bonds. The van der Waals surface area contributed by atoms with Crippen LogP contribution in [-0.2, 0) is 19.5 Å². The van der Waals surface area contributed by atoms with E-state index in [9.17, 15) is 0 Å². The Hall–Kier alpha value is -1.39. The summed E-state index contributed by atoms with van der Waals surface area (Å²) in [5.41, 5.74) is 2.78. The topological polar surface area (TPSA) is 28.2 Å². The van der Waals surface area contributed by atoms with Crippen molar-refractivity contribution in [2.24, 2.45) is 0 Å². The van der Waals surface area contributed by atoms with E-state index >= 15 is 0 Å². The lowest BCUT2D eigenvalue weighted by atomic mass is 10.1.